The van der Waals surface area contributed by atoms with Crippen LogP contribution in [0.25, 0.3) is 5.69 Å². The van der Waals surface area contributed by atoms with Gasteiger partial charge >= 0.3 is 0 Å². The Hall–Kier alpha value is -2.51. The van der Waals surface area contributed by atoms with Gasteiger partial charge in [-0.15, -0.1) is 0 Å². The van der Waals surface area contributed by atoms with E-state index in [4.69, 9.17) is 4.74 Å². The fourth-order valence-electron chi connectivity index (χ4n) is 2.99. The summed E-state index contributed by atoms with van der Waals surface area (Å²) in [4.78, 5) is 19.2. The molecule has 0 saturated carbocycles. The Morgan fingerprint density at radius 1 is 1.18 bits per heavy atom. The molecule has 0 spiro atoms. The van der Waals surface area contributed by atoms with Crippen LogP contribution in [0.1, 0.15) is 28.0 Å². The Bertz CT molecular complexity index is 910. The lowest BCUT2D eigenvalue weighted by Gasteiger charge is -2.22. The minimum atomic E-state index is -0.0335. The van der Waals surface area contributed by atoms with Gasteiger partial charge in [-0.05, 0) is 55.3 Å². The lowest BCUT2D eigenvalue weighted by Crippen LogP contribution is -2.32. The number of methoxy groups -OCH3 is 1. The van der Waals surface area contributed by atoms with Gasteiger partial charge in [-0.3, -0.25) is 9.78 Å². The number of carbonyl (C=O) groups is 1. The zero-order valence-electron chi connectivity index (χ0n) is 16.0. The number of halogens is 1. The number of hydrogen-bond acceptors (Lipinski definition) is 4. The van der Waals surface area contributed by atoms with Gasteiger partial charge in [0.25, 0.3) is 5.91 Å². The molecule has 3 rings (SSSR count). The maximum atomic E-state index is 13.3. The fraction of sp³-hybridized carbons (Fsp3) is 0.286. The standard InChI is InChI=1S/C21H23BrN4O2/c1-16-20(14-24-26(16)19-6-4-18(22)5-7-19)21(27)25(12-3-13-28-2)15-17-8-10-23-11-9-17/h4-11,14H,3,12-13,15H2,1-2H3. The van der Waals surface area contributed by atoms with Gasteiger partial charge in [0.15, 0.2) is 0 Å². The summed E-state index contributed by atoms with van der Waals surface area (Å²) in [5, 5.41) is 4.44. The van der Waals surface area contributed by atoms with Crippen molar-refractivity contribution in [1.29, 1.82) is 0 Å². The van der Waals surface area contributed by atoms with Crippen molar-refractivity contribution in [1.82, 2.24) is 19.7 Å². The van der Waals surface area contributed by atoms with Crippen molar-refractivity contribution in [2.24, 2.45) is 0 Å². The van der Waals surface area contributed by atoms with Gasteiger partial charge in [-0.1, -0.05) is 15.9 Å². The van der Waals surface area contributed by atoms with Crippen molar-refractivity contribution in [3.63, 3.8) is 0 Å². The fourth-order valence-corrected chi connectivity index (χ4v) is 3.26. The van der Waals surface area contributed by atoms with Crippen LogP contribution in [0.5, 0.6) is 0 Å². The molecule has 2 heterocycles. The molecule has 0 saturated heterocycles. The highest BCUT2D eigenvalue weighted by molar-refractivity contribution is 9.10. The first-order valence-electron chi connectivity index (χ1n) is 9.08. The van der Waals surface area contributed by atoms with Crippen molar-refractivity contribution in [2.75, 3.05) is 20.3 Å². The molecule has 0 N–H and O–H groups in total. The highest BCUT2D eigenvalue weighted by atomic mass is 79.9. The van der Waals surface area contributed by atoms with Crippen LogP contribution in [0.4, 0.5) is 0 Å². The van der Waals surface area contributed by atoms with Gasteiger partial charge in [0.2, 0.25) is 0 Å². The zero-order chi connectivity index (χ0) is 19.9. The van der Waals surface area contributed by atoms with Crippen LogP contribution in [-0.2, 0) is 11.3 Å². The molecule has 2 aromatic heterocycles. The molecule has 28 heavy (non-hydrogen) atoms. The molecule has 1 aromatic carbocycles. The molecule has 0 unspecified atom stereocenters. The smallest absolute Gasteiger partial charge is 0.257 e. The van der Waals surface area contributed by atoms with E-state index in [1.54, 1.807) is 30.4 Å². The SMILES string of the molecule is COCCCN(Cc1ccncc1)C(=O)c1cnn(-c2ccc(Br)cc2)c1C. The van der Waals surface area contributed by atoms with Crippen LogP contribution in [0.3, 0.4) is 0 Å². The summed E-state index contributed by atoms with van der Waals surface area (Å²) in [7, 11) is 1.67. The summed E-state index contributed by atoms with van der Waals surface area (Å²) in [6.07, 6.45) is 5.90. The number of amides is 1. The van der Waals surface area contributed by atoms with Crippen LogP contribution < -0.4 is 0 Å². The van der Waals surface area contributed by atoms with E-state index in [0.717, 1.165) is 27.8 Å². The van der Waals surface area contributed by atoms with E-state index in [1.165, 1.54) is 0 Å². The third-order valence-corrected chi connectivity index (χ3v) is 5.03. The van der Waals surface area contributed by atoms with Gasteiger partial charge in [0, 0.05) is 43.7 Å². The second-order valence-electron chi connectivity index (χ2n) is 6.46. The number of benzene rings is 1. The van der Waals surface area contributed by atoms with E-state index in [9.17, 15) is 4.79 Å². The summed E-state index contributed by atoms with van der Waals surface area (Å²) in [5.41, 5.74) is 3.38. The van der Waals surface area contributed by atoms with Gasteiger partial charge in [0.05, 0.1) is 23.1 Å². The molecule has 0 aliphatic rings. The van der Waals surface area contributed by atoms with E-state index >= 15 is 0 Å². The Kier molecular flexibility index (Phi) is 6.95. The molecule has 0 bridgehead atoms. The predicted molar refractivity (Wildman–Crippen MR) is 111 cm³/mol. The van der Waals surface area contributed by atoms with Gasteiger partial charge in [-0.25, -0.2) is 4.68 Å². The van der Waals surface area contributed by atoms with E-state index in [-0.39, 0.29) is 5.91 Å². The second-order valence-corrected chi connectivity index (χ2v) is 7.38. The summed E-state index contributed by atoms with van der Waals surface area (Å²) >= 11 is 3.44. The van der Waals surface area contributed by atoms with Gasteiger partial charge < -0.3 is 9.64 Å². The van der Waals surface area contributed by atoms with E-state index in [1.807, 2.05) is 48.2 Å². The third kappa shape index (κ3) is 4.85. The molecule has 1 amide bonds. The lowest BCUT2D eigenvalue weighted by atomic mass is 10.2. The molecule has 3 aromatic rings. The molecule has 7 heteroatoms. The summed E-state index contributed by atoms with van der Waals surface area (Å²) in [5.74, 6) is -0.0335. The Morgan fingerprint density at radius 3 is 2.57 bits per heavy atom. The first-order valence-corrected chi connectivity index (χ1v) is 9.87. The molecule has 0 atom stereocenters. The number of aromatic nitrogens is 3. The zero-order valence-corrected chi connectivity index (χ0v) is 17.6. The summed E-state index contributed by atoms with van der Waals surface area (Å²) in [6.45, 7) is 3.66. The monoisotopic (exact) mass is 442 g/mol. The van der Waals surface area contributed by atoms with Crippen LogP contribution in [0.15, 0.2) is 59.5 Å². The van der Waals surface area contributed by atoms with Crippen LogP contribution in [0, 0.1) is 6.92 Å². The maximum Gasteiger partial charge on any atom is 0.257 e. The number of ether oxygens (including phenoxy) is 1. The number of pyridine rings is 1. The third-order valence-electron chi connectivity index (χ3n) is 4.50. The predicted octanol–water partition coefficient (Wildman–Crippen LogP) is 4.02. The molecular weight excluding hydrogens is 420 g/mol. The molecular formula is C21H23BrN4O2. The Labute approximate surface area is 173 Å². The van der Waals surface area contributed by atoms with Crippen LogP contribution >= 0.6 is 15.9 Å². The average Bonchev–Trinajstić information content (AvgIpc) is 3.09. The first kappa shape index (κ1) is 20.2. The lowest BCUT2D eigenvalue weighted by molar-refractivity contribution is 0.0723. The average molecular weight is 443 g/mol. The Morgan fingerprint density at radius 2 is 1.89 bits per heavy atom. The van der Waals surface area contributed by atoms with E-state index in [0.29, 0.717) is 25.3 Å². The van der Waals surface area contributed by atoms with Crippen molar-refractivity contribution in [3.8, 4) is 5.69 Å². The van der Waals surface area contributed by atoms with Crippen LogP contribution in [-0.4, -0.2) is 45.8 Å². The maximum absolute atomic E-state index is 13.3. The summed E-state index contributed by atoms with van der Waals surface area (Å²) < 4.78 is 7.95. The van der Waals surface area contributed by atoms with Crippen molar-refractivity contribution in [3.05, 3.63) is 76.3 Å². The number of rotatable bonds is 8. The van der Waals surface area contributed by atoms with E-state index in [2.05, 4.69) is 26.0 Å². The molecule has 0 fully saturated rings. The van der Waals surface area contributed by atoms with Crippen molar-refractivity contribution in [2.45, 2.75) is 19.9 Å². The van der Waals surface area contributed by atoms with Crippen LogP contribution in [0.2, 0.25) is 0 Å². The normalized spacial score (nSPS) is 10.8. The second kappa shape index (κ2) is 9.61. The number of nitrogens with zero attached hydrogens (tertiary/aromatic N) is 4. The molecule has 6 nitrogen and oxygen atoms in total. The molecule has 0 radical (unpaired) electrons. The first-order chi connectivity index (χ1) is 13.6. The molecule has 0 aliphatic heterocycles. The van der Waals surface area contributed by atoms with Crippen molar-refractivity contribution >= 4 is 21.8 Å². The highest BCUT2D eigenvalue weighted by Crippen LogP contribution is 2.19. The largest absolute Gasteiger partial charge is 0.385 e. The quantitative estimate of drug-likeness (QED) is 0.494. The topological polar surface area (TPSA) is 60.2 Å². The molecule has 0 aliphatic carbocycles. The van der Waals surface area contributed by atoms with Gasteiger partial charge in [0.1, 0.15) is 0 Å². The Balaban J connectivity index is 1.84. The minimum Gasteiger partial charge on any atom is -0.385 e. The summed E-state index contributed by atoms with van der Waals surface area (Å²) in [6, 6.07) is 11.7. The highest BCUT2D eigenvalue weighted by Gasteiger charge is 2.21. The number of hydrogen-bond donors (Lipinski definition) is 0. The molecule has 146 valence electrons. The van der Waals surface area contributed by atoms with E-state index < -0.39 is 0 Å². The van der Waals surface area contributed by atoms with Gasteiger partial charge in [-0.2, -0.15) is 5.10 Å². The minimum absolute atomic E-state index is 0.0335. The van der Waals surface area contributed by atoms with Crippen molar-refractivity contribution < 1.29 is 9.53 Å². The number of carbonyl (C=O) groups excluding carboxylic acids is 1.